The van der Waals surface area contributed by atoms with Gasteiger partial charge in [0.25, 0.3) is 0 Å². The molecule has 4 heteroatoms. The maximum atomic E-state index is 11.0. The van der Waals surface area contributed by atoms with E-state index in [9.17, 15) is 4.79 Å². The maximum Gasteiger partial charge on any atom is 0.237 e. The van der Waals surface area contributed by atoms with Gasteiger partial charge in [0.2, 0.25) is 5.91 Å². The number of carbonyl (C=O) groups is 1. The molecule has 12 heavy (non-hydrogen) atoms. The molecule has 3 N–H and O–H groups in total. The largest absolute Gasteiger partial charge is 0.358 e. The van der Waals surface area contributed by atoms with Crippen molar-refractivity contribution in [1.82, 2.24) is 5.32 Å². The van der Waals surface area contributed by atoms with Gasteiger partial charge in [0.15, 0.2) is 0 Å². The van der Waals surface area contributed by atoms with E-state index in [4.69, 9.17) is 5.73 Å². The summed E-state index contributed by atoms with van der Waals surface area (Å²) in [6.45, 7) is 0. The Labute approximate surface area is 75.6 Å². The van der Waals surface area contributed by atoms with Gasteiger partial charge in [0.1, 0.15) is 0 Å². The van der Waals surface area contributed by atoms with Crippen molar-refractivity contribution in [2.45, 2.75) is 12.5 Å². The van der Waals surface area contributed by atoms with Crippen LogP contribution < -0.4 is 11.1 Å². The van der Waals surface area contributed by atoms with Crippen molar-refractivity contribution >= 4 is 17.2 Å². The van der Waals surface area contributed by atoms with Gasteiger partial charge in [0, 0.05) is 7.05 Å². The maximum absolute atomic E-state index is 11.0. The Bertz CT molecular complexity index is 246. The summed E-state index contributed by atoms with van der Waals surface area (Å²) in [5.41, 5.74) is 6.73. The molecule has 1 amide bonds. The summed E-state index contributed by atoms with van der Waals surface area (Å²) in [5.74, 6) is -0.110. The Morgan fingerprint density at radius 2 is 2.58 bits per heavy atom. The fraction of sp³-hybridized carbons (Fsp3) is 0.375. The van der Waals surface area contributed by atoms with Gasteiger partial charge in [-0.15, -0.1) is 0 Å². The topological polar surface area (TPSA) is 55.1 Å². The van der Waals surface area contributed by atoms with Crippen LogP contribution in [-0.4, -0.2) is 19.0 Å². The molecule has 66 valence electrons. The number of hydrogen-bond donors (Lipinski definition) is 2. The van der Waals surface area contributed by atoms with Gasteiger partial charge in [-0.25, -0.2) is 0 Å². The molecule has 1 aromatic heterocycles. The number of hydrogen-bond acceptors (Lipinski definition) is 3. The molecule has 0 saturated heterocycles. The molecule has 1 atom stereocenters. The Morgan fingerprint density at radius 3 is 3.08 bits per heavy atom. The van der Waals surface area contributed by atoms with E-state index in [1.807, 2.05) is 16.8 Å². The molecular formula is C8H12N2OS. The monoisotopic (exact) mass is 184 g/mol. The lowest BCUT2D eigenvalue weighted by Crippen LogP contribution is -2.40. The molecule has 0 radical (unpaired) electrons. The zero-order valence-corrected chi connectivity index (χ0v) is 7.73. The molecule has 0 aromatic carbocycles. The van der Waals surface area contributed by atoms with Crippen LogP contribution in [-0.2, 0) is 11.2 Å². The van der Waals surface area contributed by atoms with Gasteiger partial charge in [-0.05, 0) is 28.8 Å². The van der Waals surface area contributed by atoms with Gasteiger partial charge in [-0.1, -0.05) is 0 Å². The second-order valence-electron chi connectivity index (χ2n) is 2.56. The summed E-state index contributed by atoms with van der Waals surface area (Å²) in [4.78, 5) is 11.0. The molecule has 1 heterocycles. The van der Waals surface area contributed by atoms with Crippen molar-refractivity contribution in [3.8, 4) is 0 Å². The number of nitrogens with one attached hydrogen (secondary N) is 1. The van der Waals surface area contributed by atoms with Crippen molar-refractivity contribution in [1.29, 1.82) is 0 Å². The number of carbonyl (C=O) groups excluding carboxylic acids is 1. The Hall–Kier alpha value is -0.870. The van der Waals surface area contributed by atoms with Crippen LogP contribution in [0.2, 0.25) is 0 Å². The second-order valence-corrected chi connectivity index (χ2v) is 3.34. The average Bonchev–Trinajstić information content (AvgIpc) is 2.55. The highest BCUT2D eigenvalue weighted by atomic mass is 32.1. The highest BCUT2D eigenvalue weighted by Crippen LogP contribution is 2.07. The first-order chi connectivity index (χ1) is 5.74. The van der Waals surface area contributed by atoms with Crippen molar-refractivity contribution < 1.29 is 4.79 Å². The van der Waals surface area contributed by atoms with Crippen LogP contribution in [0.5, 0.6) is 0 Å². The third-order valence-electron chi connectivity index (χ3n) is 1.62. The number of likely N-dealkylation sites (N-methyl/N-ethyl adjacent to an activating group) is 1. The summed E-state index contributed by atoms with van der Waals surface area (Å²) >= 11 is 1.61. The number of rotatable bonds is 3. The first kappa shape index (κ1) is 9.22. The first-order valence-corrected chi connectivity index (χ1v) is 4.66. The lowest BCUT2D eigenvalue weighted by Gasteiger charge is -2.07. The number of thiophene rings is 1. The average molecular weight is 184 g/mol. The predicted molar refractivity (Wildman–Crippen MR) is 50.1 cm³/mol. The second kappa shape index (κ2) is 4.23. The van der Waals surface area contributed by atoms with Crippen LogP contribution in [0.1, 0.15) is 5.56 Å². The quantitative estimate of drug-likeness (QED) is 0.713. The molecule has 3 nitrogen and oxygen atoms in total. The van der Waals surface area contributed by atoms with E-state index in [-0.39, 0.29) is 5.91 Å². The number of amides is 1. The molecular weight excluding hydrogens is 172 g/mol. The SMILES string of the molecule is CNC(=O)C(N)Cc1ccsc1. The predicted octanol–water partition coefficient (Wildman–Crippen LogP) is 0.364. The summed E-state index contributed by atoms with van der Waals surface area (Å²) in [7, 11) is 1.59. The molecule has 0 fully saturated rings. The fourth-order valence-electron chi connectivity index (χ4n) is 0.941. The van der Waals surface area contributed by atoms with Crippen molar-refractivity contribution in [2.24, 2.45) is 5.73 Å². The molecule has 0 aliphatic heterocycles. The zero-order valence-electron chi connectivity index (χ0n) is 6.91. The molecule has 1 rings (SSSR count). The van der Waals surface area contributed by atoms with Crippen molar-refractivity contribution in [3.05, 3.63) is 22.4 Å². The Kier molecular flexibility index (Phi) is 3.25. The fourth-order valence-corrected chi connectivity index (χ4v) is 1.62. The molecule has 0 aliphatic rings. The minimum absolute atomic E-state index is 0.110. The summed E-state index contributed by atoms with van der Waals surface area (Å²) < 4.78 is 0. The van der Waals surface area contributed by atoms with Crippen molar-refractivity contribution in [3.63, 3.8) is 0 Å². The van der Waals surface area contributed by atoms with E-state index >= 15 is 0 Å². The highest BCUT2D eigenvalue weighted by molar-refractivity contribution is 7.07. The van der Waals surface area contributed by atoms with E-state index in [2.05, 4.69) is 5.32 Å². The van der Waals surface area contributed by atoms with E-state index in [1.165, 1.54) is 0 Å². The molecule has 0 spiro atoms. The summed E-state index contributed by atoms with van der Waals surface area (Å²) in [6, 6.07) is 1.55. The van der Waals surface area contributed by atoms with E-state index in [0.717, 1.165) is 5.56 Å². The third kappa shape index (κ3) is 2.32. The highest BCUT2D eigenvalue weighted by Gasteiger charge is 2.11. The first-order valence-electron chi connectivity index (χ1n) is 3.72. The van der Waals surface area contributed by atoms with Gasteiger partial charge in [-0.2, -0.15) is 11.3 Å². The smallest absolute Gasteiger partial charge is 0.237 e. The van der Waals surface area contributed by atoms with Crippen LogP contribution >= 0.6 is 11.3 Å². The molecule has 0 saturated carbocycles. The van der Waals surface area contributed by atoms with Crippen LogP contribution in [0.15, 0.2) is 16.8 Å². The Morgan fingerprint density at radius 1 is 1.83 bits per heavy atom. The van der Waals surface area contributed by atoms with Gasteiger partial charge < -0.3 is 11.1 Å². The third-order valence-corrected chi connectivity index (χ3v) is 2.35. The van der Waals surface area contributed by atoms with Crippen LogP contribution in [0.25, 0.3) is 0 Å². The van der Waals surface area contributed by atoms with Gasteiger partial charge in [0.05, 0.1) is 6.04 Å². The van der Waals surface area contributed by atoms with Crippen LogP contribution in [0.4, 0.5) is 0 Å². The van der Waals surface area contributed by atoms with E-state index < -0.39 is 6.04 Å². The normalized spacial score (nSPS) is 12.5. The molecule has 0 aliphatic carbocycles. The number of nitrogens with two attached hydrogens (primary N) is 1. The standard InChI is InChI=1S/C8H12N2OS/c1-10-8(11)7(9)4-6-2-3-12-5-6/h2-3,5,7H,4,9H2,1H3,(H,10,11). The van der Waals surface area contributed by atoms with Crippen LogP contribution in [0, 0.1) is 0 Å². The Balaban J connectivity index is 2.47. The molecule has 1 unspecified atom stereocenters. The van der Waals surface area contributed by atoms with Crippen LogP contribution in [0.3, 0.4) is 0 Å². The summed E-state index contributed by atoms with van der Waals surface area (Å²) in [6.07, 6.45) is 0.614. The lowest BCUT2D eigenvalue weighted by atomic mass is 10.1. The van der Waals surface area contributed by atoms with Gasteiger partial charge >= 0.3 is 0 Å². The molecule has 0 bridgehead atoms. The molecule has 1 aromatic rings. The van der Waals surface area contributed by atoms with E-state index in [0.29, 0.717) is 6.42 Å². The lowest BCUT2D eigenvalue weighted by molar-refractivity contribution is -0.121. The van der Waals surface area contributed by atoms with Crippen molar-refractivity contribution in [2.75, 3.05) is 7.05 Å². The zero-order chi connectivity index (χ0) is 8.97. The van der Waals surface area contributed by atoms with E-state index in [1.54, 1.807) is 18.4 Å². The minimum atomic E-state index is -0.426. The van der Waals surface area contributed by atoms with Gasteiger partial charge in [-0.3, -0.25) is 4.79 Å². The summed E-state index contributed by atoms with van der Waals surface area (Å²) in [5, 5.41) is 6.50. The minimum Gasteiger partial charge on any atom is -0.358 e.